The first-order chi connectivity index (χ1) is 13.9. The van der Waals surface area contributed by atoms with Gasteiger partial charge in [-0.25, -0.2) is 4.79 Å². The Labute approximate surface area is 167 Å². The predicted molar refractivity (Wildman–Crippen MR) is 111 cm³/mol. The van der Waals surface area contributed by atoms with Gasteiger partial charge in [0.1, 0.15) is 11.3 Å². The largest absolute Gasteiger partial charge is 0.484 e. The molecule has 7 heteroatoms. The smallest absolute Gasteiger partial charge is 0.336 e. The molecule has 3 aromatic rings. The Kier molecular flexibility index (Phi) is 6.29. The summed E-state index contributed by atoms with van der Waals surface area (Å²) < 4.78 is 10.8. The number of amides is 2. The van der Waals surface area contributed by atoms with E-state index in [0.717, 1.165) is 23.8 Å². The molecule has 0 aliphatic carbocycles. The van der Waals surface area contributed by atoms with E-state index in [1.807, 2.05) is 13.0 Å². The van der Waals surface area contributed by atoms with Crippen LogP contribution in [0.5, 0.6) is 5.75 Å². The number of hydrogen-bond donors (Lipinski definition) is 2. The van der Waals surface area contributed by atoms with Crippen molar-refractivity contribution in [2.45, 2.75) is 26.7 Å². The highest BCUT2D eigenvalue weighted by atomic mass is 16.5. The molecule has 1 heterocycles. The first-order valence-corrected chi connectivity index (χ1v) is 9.31. The number of carbonyl (C=O) groups is 2. The Bertz CT molecular complexity index is 1090. The van der Waals surface area contributed by atoms with Crippen LogP contribution in [0.25, 0.3) is 11.0 Å². The molecular weight excluding hydrogens is 372 g/mol. The second-order valence-electron chi connectivity index (χ2n) is 6.59. The highest BCUT2D eigenvalue weighted by Crippen LogP contribution is 2.23. The average Bonchev–Trinajstić information content (AvgIpc) is 2.67. The lowest BCUT2D eigenvalue weighted by molar-refractivity contribution is -0.118. The Morgan fingerprint density at radius 1 is 1.00 bits per heavy atom. The number of nitrogens with one attached hydrogen (secondary N) is 2. The van der Waals surface area contributed by atoms with Crippen LogP contribution in [-0.4, -0.2) is 18.4 Å². The predicted octanol–water partition coefficient (Wildman–Crippen LogP) is 3.72. The fourth-order valence-corrected chi connectivity index (χ4v) is 2.96. The van der Waals surface area contributed by atoms with Crippen molar-refractivity contribution in [3.8, 4) is 5.75 Å². The van der Waals surface area contributed by atoms with Crippen molar-refractivity contribution in [2.75, 3.05) is 17.2 Å². The summed E-state index contributed by atoms with van der Waals surface area (Å²) in [4.78, 5) is 34.9. The molecule has 0 spiro atoms. The molecule has 0 atom stereocenters. The van der Waals surface area contributed by atoms with Crippen molar-refractivity contribution in [1.29, 1.82) is 0 Å². The molecule has 2 aromatic carbocycles. The van der Waals surface area contributed by atoms with Crippen molar-refractivity contribution < 1.29 is 18.7 Å². The number of fused-ring (bicyclic) bond motifs is 1. The van der Waals surface area contributed by atoms with E-state index in [4.69, 9.17) is 9.15 Å². The molecule has 0 aliphatic rings. The van der Waals surface area contributed by atoms with Gasteiger partial charge >= 0.3 is 5.63 Å². The number of hydrogen-bond acceptors (Lipinski definition) is 5. The molecule has 0 unspecified atom stereocenters. The van der Waals surface area contributed by atoms with Crippen molar-refractivity contribution in [3.05, 3.63) is 64.5 Å². The van der Waals surface area contributed by atoms with Gasteiger partial charge in [0.15, 0.2) is 6.61 Å². The molecule has 0 saturated heterocycles. The van der Waals surface area contributed by atoms with E-state index in [9.17, 15) is 14.4 Å². The van der Waals surface area contributed by atoms with Gasteiger partial charge in [0, 0.05) is 35.8 Å². The van der Waals surface area contributed by atoms with Crippen LogP contribution < -0.4 is 21.0 Å². The summed E-state index contributed by atoms with van der Waals surface area (Å²) in [5.74, 6) is -0.0627. The lowest BCUT2D eigenvalue weighted by atomic mass is 10.1. The van der Waals surface area contributed by atoms with E-state index < -0.39 is 5.63 Å². The molecule has 0 bridgehead atoms. The molecule has 7 nitrogen and oxygen atoms in total. The topological polar surface area (TPSA) is 97.6 Å². The van der Waals surface area contributed by atoms with Gasteiger partial charge in [0.2, 0.25) is 5.91 Å². The molecule has 2 N–H and O–H groups in total. The fourth-order valence-electron chi connectivity index (χ4n) is 2.96. The first-order valence-electron chi connectivity index (χ1n) is 9.31. The SMILES string of the molecule is CCCc1cc(=O)oc2cc(OCC(=O)Nc3ccc(NC(C)=O)cc3)ccc12. The maximum absolute atomic E-state index is 12.1. The Morgan fingerprint density at radius 2 is 1.69 bits per heavy atom. The number of benzene rings is 2. The summed E-state index contributed by atoms with van der Waals surface area (Å²) in [6, 6.07) is 13.5. The van der Waals surface area contributed by atoms with E-state index in [0.29, 0.717) is 22.7 Å². The van der Waals surface area contributed by atoms with Crippen LogP contribution in [0.2, 0.25) is 0 Å². The quantitative estimate of drug-likeness (QED) is 0.595. The molecule has 2 amide bonds. The van der Waals surface area contributed by atoms with Crippen LogP contribution in [0.15, 0.2) is 57.7 Å². The maximum atomic E-state index is 12.1. The number of rotatable bonds is 7. The van der Waals surface area contributed by atoms with Gasteiger partial charge in [-0.3, -0.25) is 9.59 Å². The molecule has 0 radical (unpaired) electrons. The van der Waals surface area contributed by atoms with Gasteiger partial charge in [0.05, 0.1) is 0 Å². The molecule has 3 rings (SSSR count). The van der Waals surface area contributed by atoms with E-state index in [1.54, 1.807) is 36.4 Å². The van der Waals surface area contributed by atoms with E-state index in [-0.39, 0.29) is 18.4 Å². The lowest BCUT2D eigenvalue weighted by Gasteiger charge is -2.10. The second kappa shape index (κ2) is 9.05. The summed E-state index contributed by atoms with van der Waals surface area (Å²) in [5, 5.41) is 6.23. The number of ether oxygens (including phenoxy) is 1. The summed E-state index contributed by atoms with van der Waals surface area (Å²) >= 11 is 0. The molecule has 29 heavy (non-hydrogen) atoms. The van der Waals surface area contributed by atoms with Gasteiger partial charge in [-0.1, -0.05) is 13.3 Å². The Morgan fingerprint density at radius 3 is 2.34 bits per heavy atom. The van der Waals surface area contributed by atoms with Crippen LogP contribution in [0.4, 0.5) is 11.4 Å². The monoisotopic (exact) mass is 394 g/mol. The van der Waals surface area contributed by atoms with Crippen molar-refractivity contribution in [1.82, 2.24) is 0 Å². The zero-order chi connectivity index (χ0) is 20.8. The first kappa shape index (κ1) is 20.1. The molecule has 0 aliphatic heterocycles. The highest BCUT2D eigenvalue weighted by molar-refractivity contribution is 5.93. The van der Waals surface area contributed by atoms with Crippen molar-refractivity contribution in [3.63, 3.8) is 0 Å². The third kappa shape index (κ3) is 5.44. The van der Waals surface area contributed by atoms with Gasteiger partial charge in [-0.2, -0.15) is 0 Å². The van der Waals surface area contributed by atoms with E-state index >= 15 is 0 Å². The van der Waals surface area contributed by atoms with Gasteiger partial charge in [-0.15, -0.1) is 0 Å². The zero-order valence-electron chi connectivity index (χ0n) is 16.3. The third-order valence-electron chi connectivity index (χ3n) is 4.18. The van der Waals surface area contributed by atoms with Gasteiger partial charge < -0.3 is 19.8 Å². The van der Waals surface area contributed by atoms with Crippen molar-refractivity contribution in [2.24, 2.45) is 0 Å². The van der Waals surface area contributed by atoms with Crippen LogP contribution >= 0.6 is 0 Å². The van der Waals surface area contributed by atoms with Gasteiger partial charge in [0.25, 0.3) is 5.91 Å². The summed E-state index contributed by atoms with van der Waals surface area (Å²) in [6.07, 6.45) is 1.70. The Balaban J connectivity index is 1.63. The lowest BCUT2D eigenvalue weighted by Crippen LogP contribution is -2.20. The maximum Gasteiger partial charge on any atom is 0.336 e. The molecule has 150 valence electrons. The molecular formula is C22H22N2O5. The van der Waals surface area contributed by atoms with Crippen molar-refractivity contribution >= 4 is 34.2 Å². The minimum atomic E-state index is -0.404. The van der Waals surface area contributed by atoms with Crippen LogP contribution in [0, 0.1) is 0 Å². The third-order valence-corrected chi connectivity index (χ3v) is 4.18. The van der Waals surface area contributed by atoms with Gasteiger partial charge in [-0.05, 0) is 48.4 Å². The highest BCUT2D eigenvalue weighted by Gasteiger charge is 2.09. The minimum absolute atomic E-state index is 0.164. The zero-order valence-corrected chi connectivity index (χ0v) is 16.3. The second-order valence-corrected chi connectivity index (χ2v) is 6.59. The van der Waals surface area contributed by atoms with Crippen LogP contribution in [0.3, 0.4) is 0 Å². The molecule has 0 saturated carbocycles. The molecule has 1 aromatic heterocycles. The summed E-state index contributed by atoms with van der Waals surface area (Å²) in [7, 11) is 0. The minimum Gasteiger partial charge on any atom is -0.484 e. The summed E-state index contributed by atoms with van der Waals surface area (Å²) in [6.45, 7) is 3.28. The van der Waals surface area contributed by atoms with Crippen LogP contribution in [0.1, 0.15) is 25.8 Å². The number of carbonyl (C=O) groups excluding carboxylic acids is 2. The van der Waals surface area contributed by atoms with E-state index in [1.165, 1.54) is 13.0 Å². The molecule has 0 fully saturated rings. The average molecular weight is 394 g/mol. The normalized spacial score (nSPS) is 10.6. The fraction of sp³-hybridized carbons (Fsp3) is 0.227. The number of aryl methyl sites for hydroxylation is 1. The van der Waals surface area contributed by atoms with Crippen LogP contribution in [-0.2, 0) is 16.0 Å². The van der Waals surface area contributed by atoms with E-state index in [2.05, 4.69) is 10.6 Å². The Hall–Kier alpha value is -3.61. The summed E-state index contributed by atoms with van der Waals surface area (Å²) in [5.41, 5.74) is 2.20. The standard InChI is InChI=1S/C22H22N2O5/c1-3-4-15-11-22(27)29-20-12-18(9-10-19(15)20)28-13-21(26)24-17-7-5-16(6-8-17)23-14(2)25/h5-12H,3-4,13H2,1-2H3,(H,23,25)(H,24,26). The number of anilines is 2.